The number of aliphatic hydroxyl groups excluding tert-OH is 2. The molecule has 0 amide bonds. The van der Waals surface area contributed by atoms with Crippen LogP contribution in [0.1, 0.15) is 32.1 Å². The first kappa shape index (κ1) is 15.6. The van der Waals surface area contributed by atoms with Gasteiger partial charge in [0.1, 0.15) is 18.9 Å². The Morgan fingerprint density at radius 2 is 2.20 bits per heavy atom. The van der Waals surface area contributed by atoms with Gasteiger partial charge < -0.3 is 20.3 Å². The smallest absolute Gasteiger partial charge is 0.245 e. The molecule has 1 aromatic heterocycles. The molecule has 1 heterocycles. The number of hydrogen-bond acceptors (Lipinski definition) is 7. The molecule has 7 heteroatoms. The van der Waals surface area contributed by atoms with Crippen LogP contribution in [0.4, 0.5) is 0 Å². The molecule has 0 saturated heterocycles. The van der Waals surface area contributed by atoms with Gasteiger partial charge in [-0.15, -0.1) is 4.37 Å². The quantitative estimate of drug-likeness (QED) is 0.658. The fraction of sp³-hybridized carbons (Fsp3) is 0.846. The van der Waals surface area contributed by atoms with Crippen molar-refractivity contribution >= 4 is 11.7 Å². The van der Waals surface area contributed by atoms with E-state index >= 15 is 0 Å². The van der Waals surface area contributed by atoms with Gasteiger partial charge in [0, 0.05) is 25.1 Å². The molecule has 1 aromatic rings. The first-order chi connectivity index (χ1) is 9.74. The van der Waals surface area contributed by atoms with Crippen LogP contribution < -0.4 is 10.1 Å². The third-order valence-electron chi connectivity index (χ3n) is 3.89. The summed E-state index contributed by atoms with van der Waals surface area (Å²) in [6.07, 6.45) is 6.71. The van der Waals surface area contributed by atoms with Crippen LogP contribution in [-0.2, 0) is 0 Å². The zero-order valence-corrected chi connectivity index (χ0v) is 12.4. The Labute approximate surface area is 123 Å². The highest BCUT2D eigenvalue weighted by atomic mass is 32.1. The van der Waals surface area contributed by atoms with E-state index in [1.54, 1.807) is 0 Å². The fourth-order valence-electron chi connectivity index (χ4n) is 2.66. The Bertz CT molecular complexity index is 369. The standard InChI is InChI=1S/C13H23N3O3S/c17-10-13(4-2-1-3-5-13)9-14-6-11(18)8-19-12-7-15-20-16-12/h7,11,14,17-18H,1-6,8-10H2. The zero-order valence-electron chi connectivity index (χ0n) is 11.6. The lowest BCUT2D eigenvalue weighted by atomic mass is 9.74. The summed E-state index contributed by atoms with van der Waals surface area (Å²) in [5, 5.41) is 22.7. The van der Waals surface area contributed by atoms with Crippen LogP contribution in [0, 0.1) is 5.41 Å². The molecule has 0 aromatic carbocycles. The van der Waals surface area contributed by atoms with Crippen molar-refractivity contribution in [3.63, 3.8) is 0 Å². The molecule has 1 saturated carbocycles. The summed E-state index contributed by atoms with van der Waals surface area (Å²) in [5.74, 6) is 0.452. The molecule has 2 rings (SSSR count). The number of rotatable bonds is 8. The van der Waals surface area contributed by atoms with Crippen molar-refractivity contribution in [1.29, 1.82) is 0 Å². The van der Waals surface area contributed by atoms with E-state index in [4.69, 9.17) is 4.74 Å². The first-order valence-corrected chi connectivity index (χ1v) is 7.87. The van der Waals surface area contributed by atoms with Crippen LogP contribution in [0.2, 0.25) is 0 Å². The minimum Gasteiger partial charge on any atom is -0.473 e. The largest absolute Gasteiger partial charge is 0.473 e. The van der Waals surface area contributed by atoms with E-state index in [9.17, 15) is 10.2 Å². The second kappa shape index (κ2) is 7.87. The lowest BCUT2D eigenvalue weighted by Crippen LogP contribution is -2.42. The van der Waals surface area contributed by atoms with Crippen LogP contribution >= 0.6 is 11.7 Å². The summed E-state index contributed by atoms with van der Waals surface area (Å²) >= 11 is 1.08. The van der Waals surface area contributed by atoms with E-state index in [2.05, 4.69) is 14.1 Å². The zero-order chi connectivity index (χ0) is 14.3. The second-order valence-electron chi connectivity index (χ2n) is 5.56. The molecule has 114 valence electrons. The van der Waals surface area contributed by atoms with Crippen molar-refractivity contribution in [3.05, 3.63) is 6.20 Å². The van der Waals surface area contributed by atoms with Gasteiger partial charge in [-0.25, -0.2) is 0 Å². The molecule has 1 unspecified atom stereocenters. The fourth-order valence-corrected chi connectivity index (χ4v) is 3.02. The second-order valence-corrected chi connectivity index (χ2v) is 6.12. The van der Waals surface area contributed by atoms with E-state index in [-0.39, 0.29) is 18.6 Å². The number of aromatic nitrogens is 2. The van der Waals surface area contributed by atoms with Gasteiger partial charge in [0.15, 0.2) is 0 Å². The lowest BCUT2D eigenvalue weighted by Gasteiger charge is -2.36. The number of ether oxygens (including phenoxy) is 1. The van der Waals surface area contributed by atoms with E-state index in [0.717, 1.165) is 31.1 Å². The van der Waals surface area contributed by atoms with Crippen molar-refractivity contribution in [2.45, 2.75) is 38.2 Å². The third-order valence-corrected chi connectivity index (χ3v) is 4.36. The molecular formula is C13H23N3O3S. The van der Waals surface area contributed by atoms with E-state index < -0.39 is 6.10 Å². The van der Waals surface area contributed by atoms with Gasteiger partial charge in [0.05, 0.1) is 11.7 Å². The van der Waals surface area contributed by atoms with Gasteiger partial charge in [-0.05, 0) is 12.8 Å². The Morgan fingerprint density at radius 3 is 2.85 bits per heavy atom. The lowest BCUT2D eigenvalue weighted by molar-refractivity contribution is 0.0679. The molecule has 1 atom stereocenters. The van der Waals surface area contributed by atoms with Crippen LogP contribution in [0.15, 0.2) is 6.20 Å². The normalized spacial score (nSPS) is 19.7. The van der Waals surface area contributed by atoms with Crippen molar-refractivity contribution in [3.8, 4) is 5.88 Å². The SMILES string of the molecule is OCC1(CNCC(O)COc2cnsn2)CCCCC1. The molecular weight excluding hydrogens is 278 g/mol. The van der Waals surface area contributed by atoms with Gasteiger partial charge in [-0.3, -0.25) is 0 Å². The number of aliphatic hydroxyl groups is 2. The third kappa shape index (κ3) is 4.66. The predicted octanol–water partition coefficient (Wildman–Crippen LogP) is 0.810. The Kier molecular flexibility index (Phi) is 6.15. The molecule has 0 bridgehead atoms. The molecule has 1 fully saturated rings. The van der Waals surface area contributed by atoms with E-state index in [1.807, 2.05) is 0 Å². The average molecular weight is 301 g/mol. The Morgan fingerprint density at radius 1 is 1.40 bits per heavy atom. The topological polar surface area (TPSA) is 87.5 Å². The summed E-state index contributed by atoms with van der Waals surface area (Å²) in [6.45, 7) is 1.62. The summed E-state index contributed by atoms with van der Waals surface area (Å²) in [7, 11) is 0. The average Bonchev–Trinajstić information content (AvgIpc) is 2.99. The van der Waals surface area contributed by atoms with E-state index in [1.165, 1.54) is 25.5 Å². The molecule has 20 heavy (non-hydrogen) atoms. The number of hydrogen-bond donors (Lipinski definition) is 3. The van der Waals surface area contributed by atoms with Crippen LogP contribution in [0.5, 0.6) is 5.88 Å². The van der Waals surface area contributed by atoms with Gasteiger partial charge in [-0.1, -0.05) is 19.3 Å². The predicted molar refractivity (Wildman–Crippen MR) is 76.9 cm³/mol. The van der Waals surface area contributed by atoms with Crippen molar-refractivity contribution in [2.24, 2.45) is 5.41 Å². The van der Waals surface area contributed by atoms with Gasteiger partial charge in [0.2, 0.25) is 5.88 Å². The Balaban J connectivity index is 1.63. The number of nitrogens with zero attached hydrogens (tertiary/aromatic N) is 2. The maximum absolute atomic E-state index is 9.84. The van der Waals surface area contributed by atoms with Gasteiger partial charge in [0.25, 0.3) is 0 Å². The monoisotopic (exact) mass is 301 g/mol. The molecule has 6 nitrogen and oxygen atoms in total. The van der Waals surface area contributed by atoms with Crippen molar-refractivity contribution in [1.82, 2.24) is 14.1 Å². The highest BCUT2D eigenvalue weighted by Gasteiger charge is 2.30. The first-order valence-electron chi connectivity index (χ1n) is 7.14. The van der Waals surface area contributed by atoms with Crippen LogP contribution in [0.3, 0.4) is 0 Å². The van der Waals surface area contributed by atoms with Crippen molar-refractivity contribution in [2.75, 3.05) is 26.3 Å². The molecule has 0 spiro atoms. The highest BCUT2D eigenvalue weighted by Crippen LogP contribution is 2.35. The highest BCUT2D eigenvalue weighted by molar-refractivity contribution is 6.99. The summed E-state index contributed by atoms with van der Waals surface area (Å²) in [4.78, 5) is 0. The molecule has 3 N–H and O–H groups in total. The Hall–Kier alpha value is -0.760. The minimum absolute atomic E-state index is 0.00232. The van der Waals surface area contributed by atoms with E-state index in [0.29, 0.717) is 12.4 Å². The minimum atomic E-state index is -0.587. The van der Waals surface area contributed by atoms with Crippen LogP contribution in [-0.4, -0.2) is 51.4 Å². The molecule has 0 aliphatic heterocycles. The van der Waals surface area contributed by atoms with Gasteiger partial charge in [-0.2, -0.15) is 4.37 Å². The molecule has 0 radical (unpaired) electrons. The summed E-state index contributed by atoms with van der Waals surface area (Å²) < 4.78 is 13.0. The summed E-state index contributed by atoms with van der Waals surface area (Å²) in [5.41, 5.74) is -0.00232. The number of nitrogens with one attached hydrogen (secondary N) is 1. The molecule has 1 aliphatic rings. The van der Waals surface area contributed by atoms with Crippen molar-refractivity contribution < 1.29 is 14.9 Å². The maximum atomic E-state index is 9.84. The van der Waals surface area contributed by atoms with Crippen LogP contribution in [0.25, 0.3) is 0 Å². The maximum Gasteiger partial charge on any atom is 0.245 e. The summed E-state index contributed by atoms with van der Waals surface area (Å²) in [6, 6.07) is 0. The molecule has 1 aliphatic carbocycles. The van der Waals surface area contributed by atoms with Gasteiger partial charge >= 0.3 is 0 Å².